The number of rotatable bonds is 7. The van der Waals surface area contributed by atoms with E-state index in [1.54, 1.807) is 0 Å². The minimum atomic E-state index is -4.84. The first-order valence-corrected chi connectivity index (χ1v) is 14.0. The Labute approximate surface area is 192 Å². The second-order valence-electron chi connectivity index (χ2n) is 7.93. The van der Waals surface area contributed by atoms with Crippen LogP contribution in [-0.2, 0) is 18.4 Å². The van der Waals surface area contributed by atoms with Crippen LogP contribution in [0.5, 0.6) is 0 Å². The Bertz CT molecular complexity index is 1110. The Morgan fingerprint density at radius 3 is 2.58 bits per heavy atom. The smallest absolute Gasteiger partial charge is 0.340 e. The molecule has 17 heteroatoms. The maximum Gasteiger partial charge on any atom is 0.340 e. The van der Waals surface area contributed by atoms with Crippen LogP contribution in [0.25, 0.3) is 11.2 Å². The van der Waals surface area contributed by atoms with Gasteiger partial charge in [-0.3, -0.25) is 13.7 Å². The van der Waals surface area contributed by atoms with Gasteiger partial charge in [0.15, 0.2) is 35.3 Å². The number of piperidine rings is 1. The summed E-state index contributed by atoms with van der Waals surface area (Å²) in [6, 6.07) is 0. The standard InChI is InChI=1S/C16H23ClFN5O8P2/c17-16-20-13(22-4-2-1-3-5-22)11-14(21-16)23(7-19-11)15-10(18)12(24)9(31-15)6-30-33(28,29)8-32(25,26)27/h7,9-10,12,15,24H,1-6,8H2,(H,28,29)(H2,25,26,27)/t9-,10+,12-,15-/m1/s1. The Morgan fingerprint density at radius 2 is 1.91 bits per heavy atom. The van der Waals surface area contributed by atoms with Crippen LogP contribution < -0.4 is 4.90 Å². The Morgan fingerprint density at radius 1 is 1.21 bits per heavy atom. The molecule has 5 atom stereocenters. The number of fused-ring (bicyclic) bond motifs is 1. The minimum Gasteiger partial charge on any atom is -0.387 e. The molecule has 0 saturated carbocycles. The van der Waals surface area contributed by atoms with Gasteiger partial charge in [-0.2, -0.15) is 9.97 Å². The minimum absolute atomic E-state index is 0.0719. The van der Waals surface area contributed by atoms with Crippen LogP contribution in [0.4, 0.5) is 10.2 Å². The molecule has 2 aromatic rings. The molecular weight excluding hydrogens is 507 g/mol. The van der Waals surface area contributed by atoms with Crippen LogP contribution in [0.15, 0.2) is 6.33 Å². The van der Waals surface area contributed by atoms with Crippen molar-refractivity contribution in [3.63, 3.8) is 0 Å². The van der Waals surface area contributed by atoms with Gasteiger partial charge in [0, 0.05) is 13.1 Å². The number of imidazole rings is 1. The van der Waals surface area contributed by atoms with Crippen LogP contribution >= 0.6 is 26.8 Å². The average Bonchev–Trinajstić information content (AvgIpc) is 3.26. The van der Waals surface area contributed by atoms with Gasteiger partial charge in [0.2, 0.25) is 5.28 Å². The summed E-state index contributed by atoms with van der Waals surface area (Å²) in [7, 11) is -9.54. The molecule has 2 aliphatic rings. The number of hydrogen-bond donors (Lipinski definition) is 4. The summed E-state index contributed by atoms with van der Waals surface area (Å²) in [6.45, 7) is 0.747. The fourth-order valence-corrected chi connectivity index (χ4v) is 6.65. The van der Waals surface area contributed by atoms with Crippen LogP contribution in [0.3, 0.4) is 0 Å². The van der Waals surface area contributed by atoms with Crippen LogP contribution in [0.1, 0.15) is 25.5 Å². The van der Waals surface area contributed by atoms with Crippen molar-refractivity contribution in [2.24, 2.45) is 0 Å². The molecule has 0 aliphatic carbocycles. The van der Waals surface area contributed by atoms with Gasteiger partial charge in [0.25, 0.3) is 0 Å². The van der Waals surface area contributed by atoms with Crippen molar-refractivity contribution in [2.75, 3.05) is 30.5 Å². The molecule has 2 fully saturated rings. The number of ether oxygens (including phenoxy) is 1. The van der Waals surface area contributed by atoms with E-state index >= 15 is 0 Å². The average molecular weight is 530 g/mol. The normalized spacial score (nSPS) is 28.4. The van der Waals surface area contributed by atoms with Gasteiger partial charge in [-0.1, -0.05) is 0 Å². The zero-order valence-corrected chi connectivity index (χ0v) is 19.7. The van der Waals surface area contributed by atoms with Crippen LogP contribution in [0.2, 0.25) is 5.28 Å². The maximum atomic E-state index is 14.9. The van der Waals surface area contributed by atoms with Crippen molar-refractivity contribution in [2.45, 2.75) is 43.9 Å². The van der Waals surface area contributed by atoms with E-state index in [9.17, 15) is 23.5 Å². The lowest BCUT2D eigenvalue weighted by Crippen LogP contribution is -2.31. The van der Waals surface area contributed by atoms with E-state index in [0.29, 0.717) is 11.3 Å². The number of halogens is 2. The zero-order chi connectivity index (χ0) is 24.0. The van der Waals surface area contributed by atoms with Crippen molar-refractivity contribution in [3.8, 4) is 0 Å². The number of nitrogens with zero attached hydrogens (tertiary/aromatic N) is 5. The van der Waals surface area contributed by atoms with E-state index in [2.05, 4.69) is 19.5 Å². The summed E-state index contributed by atoms with van der Waals surface area (Å²) in [5.41, 5.74) is 0.569. The van der Waals surface area contributed by atoms with Crippen molar-refractivity contribution < 1.29 is 42.6 Å². The summed E-state index contributed by atoms with van der Waals surface area (Å²) in [5, 5.41) is 10.2. The molecule has 4 N–H and O–H groups in total. The van der Waals surface area contributed by atoms with Crippen molar-refractivity contribution in [1.29, 1.82) is 0 Å². The van der Waals surface area contributed by atoms with E-state index in [4.69, 9.17) is 26.1 Å². The molecule has 184 valence electrons. The number of aromatic nitrogens is 4. The Balaban J connectivity index is 1.55. The molecule has 0 bridgehead atoms. The summed E-state index contributed by atoms with van der Waals surface area (Å²) in [5.74, 6) is -0.900. The molecule has 2 aliphatic heterocycles. The summed E-state index contributed by atoms with van der Waals surface area (Å²) < 4.78 is 49.2. The van der Waals surface area contributed by atoms with Gasteiger partial charge in [0.05, 0.1) is 12.9 Å². The van der Waals surface area contributed by atoms with Gasteiger partial charge >= 0.3 is 15.2 Å². The Kier molecular flexibility index (Phi) is 7.13. The number of alkyl halides is 1. The Hall–Kier alpha value is -1.21. The molecular formula is C16H23ClFN5O8P2. The second-order valence-corrected chi connectivity index (χ2v) is 12.3. The fourth-order valence-electron chi connectivity index (χ4n) is 3.92. The highest BCUT2D eigenvalue weighted by molar-refractivity contribution is 7.70. The van der Waals surface area contributed by atoms with Gasteiger partial charge in [-0.15, -0.1) is 0 Å². The van der Waals surface area contributed by atoms with Crippen LogP contribution in [0, 0.1) is 0 Å². The molecule has 2 aromatic heterocycles. The van der Waals surface area contributed by atoms with E-state index in [1.807, 2.05) is 4.90 Å². The molecule has 4 rings (SSSR count). The molecule has 2 saturated heterocycles. The summed E-state index contributed by atoms with van der Waals surface area (Å²) >= 11 is 6.11. The SMILES string of the molecule is O=P(O)(O)CP(=O)(O)OC[C@H]1O[C@@H](n2cnc3c(N4CCCCC4)nc(Cl)nc32)[C@@H](F)[C@@H]1O. The first-order valence-electron chi connectivity index (χ1n) is 10.1. The lowest BCUT2D eigenvalue weighted by Gasteiger charge is -2.27. The monoisotopic (exact) mass is 529 g/mol. The van der Waals surface area contributed by atoms with Crippen LogP contribution in [-0.4, -0.2) is 83.3 Å². The highest BCUT2D eigenvalue weighted by Gasteiger charge is 2.47. The lowest BCUT2D eigenvalue weighted by atomic mass is 10.1. The molecule has 0 spiro atoms. The predicted molar refractivity (Wildman–Crippen MR) is 114 cm³/mol. The van der Waals surface area contributed by atoms with E-state index in [1.165, 1.54) is 10.9 Å². The third kappa shape index (κ3) is 5.55. The predicted octanol–water partition coefficient (Wildman–Crippen LogP) is 1.40. The lowest BCUT2D eigenvalue weighted by molar-refractivity contribution is -0.0425. The third-order valence-electron chi connectivity index (χ3n) is 5.40. The molecule has 0 aromatic carbocycles. The number of aliphatic hydroxyl groups is 1. The number of hydrogen-bond acceptors (Lipinski definition) is 9. The molecule has 0 amide bonds. The molecule has 33 heavy (non-hydrogen) atoms. The van der Waals surface area contributed by atoms with Gasteiger partial charge in [0.1, 0.15) is 12.2 Å². The van der Waals surface area contributed by atoms with Gasteiger partial charge in [-0.05, 0) is 30.9 Å². The van der Waals surface area contributed by atoms with E-state index in [-0.39, 0.29) is 10.9 Å². The van der Waals surface area contributed by atoms with E-state index < -0.39 is 52.3 Å². The molecule has 4 heterocycles. The largest absolute Gasteiger partial charge is 0.387 e. The molecule has 0 radical (unpaired) electrons. The summed E-state index contributed by atoms with van der Waals surface area (Å²) in [4.78, 5) is 42.1. The van der Waals surface area contributed by atoms with E-state index in [0.717, 1.165) is 32.4 Å². The quantitative estimate of drug-likeness (QED) is 0.299. The zero-order valence-electron chi connectivity index (χ0n) is 17.1. The van der Waals surface area contributed by atoms with Crippen molar-refractivity contribution >= 4 is 43.8 Å². The van der Waals surface area contributed by atoms with Gasteiger partial charge in [-0.25, -0.2) is 9.37 Å². The van der Waals surface area contributed by atoms with Crippen molar-refractivity contribution in [3.05, 3.63) is 11.6 Å². The number of aliphatic hydroxyl groups excluding tert-OH is 1. The second kappa shape index (κ2) is 9.44. The maximum absolute atomic E-state index is 14.9. The van der Waals surface area contributed by atoms with Gasteiger partial charge < -0.3 is 33.9 Å². The molecule has 13 nitrogen and oxygen atoms in total. The highest BCUT2D eigenvalue weighted by atomic mass is 35.5. The fraction of sp³-hybridized carbons (Fsp3) is 0.688. The topological polar surface area (TPSA) is 180 Å². The third-order valence-corrected chi connectivity index (χ3v) is 9.03. The first kappa shape index (κ1) is 24.9. The summed E-state index contributed by atoms with van der Waals surface area (Å²) in [6.07, 6.45) is -2.19. The van der Waals surface area contributed by atoms with Crippen molar-refractivity contribution in [1.82, 2.24) is 19.5 Å². The number of anilines is 1. The molecule has 1 unspecified atom stereocenters. The highest BCUT2D eigenvalue weighted by Crippen LogP contribution is 2.55. The first-order chi connectivity index (χ1) is 15.5.